The summed E-state index contributed by atoms with van der Waals surface area (Å²) >= 11 is 0. The smallest absolute Gasteiger partial charge is 0.410 e. The number of hydrogen-bond acceptors (Lipinski definition) is 6. The number of ether oxygens (including phenoxy) is 1. The monoisotopic (exact) mass is 365 g/mol. The summed E-state index contributed by atoms with van der Waals surface area (Å²) in [6.07, 6.45) is 3.18. The molecule has 2 aromatic rings. The predicted octanol–water partition coefficient (Wildman–Crippen LogP) is 2.44. The van der Waals surface area contributed by atoms with Crippen LogP contribution in [0, 0.1) is 0 Å². The third kappa shape index (κ3) is 3.32. The molecule has 2 aliphatic heterocycles. The zero-order chi connectivity index (χ0) is 18.8. The van der Waals surface area contributed by atoms with E-state index in [4.69, 9.17) is 4.74 Å². The van der Waals surface area contributed by atoms with Crippen molar-refractivity contribution in [2.75, 3.05) is 36.5 Å². The van der Waals surface area contributed by atoms with Gasteiger partial charge in [0.2, 0.25) is 0 Å². The van der Waals surface area contributed by atoms with Crippen molar-refractivity contribution in [3.63, 3.8) is 0 Å². The molecule has 140 valence electrons. The topological polar surface area (TPSA) is 61.8 Å². The van der Waals surface area contributed by atoms with Crippen LogP contribution in [0.1, 0.15) is 11.1 Å². The van der Waals surface area contributed by atoms with E-state index in [1.165, 1.54) is 5.56 Å². The molecule has 0 aliphatic carbocycles. The van der Waals surface area contributed by atoms with E-state index in [-0.39, 0.29) is 12.1 Å². The van der Waals surface area contributed by atoms with Crippen molar-refractivity contribution in [2.45, 2.75) is 19.1 Å². The Morgan fingerprint density at radius 2 is 2.15 bits per heavy atom. The number of nitrogens with zero attached hydrogens (tertiary/aromatic N) is 5. The van der Waals surface area contributed by atoms with Crippen LogP contribution in [0.2, 0.25) is 0 Å². The highest BCUT2D eigenvalue weighted by Gasteiger charge is 2.39. The predicted molar refractivity (Wildman–Crippen MR) is 104 cm³/mol. The molecule has 0 spiro atoms. The van der Waals surface area contributed by atoms with Crippen LogP contribution in [0.25, 0.3) is 0 Å². The van der Waals surface area contributed by atoms with Gasteiger partial charge in [-0.05, 0) is 5.56 Å². The summed E-state index contributed by atoms with van der Waals surface area (Å²) in [7, 11) is 2.01. The zero-order valence-corrected chi connectivity index (χ0v) is 15.4. The Balaban J connectivity index is 1.71. The normalized spacial score (nSPS) is 18.4. The van der Waals surface area contributed by atoms with Crippen LogP contribution in [0.15, 0.2) is 49.3 Å². The largest absolute Gasteiger partial charge is 0.447 e. The molecule has 1 aromatic carbocycles. The standard InChI is InChI=1S/C20H23N5O2/c1-3-9-24-11-16-13-27-20(26)25(16)12-17-18(21-14-22-19(17)24)23(2)10-15-7-5-4-6-8-15/h3-8,14,16H,1,9-13H2,2H3/t16-/m0/s1. The van der Waals surface area contributed by atoms with Crippen molar-refractivity contribution in [1.29, 1.82) is 0 Å². The zero-order valence-electron chi connectivity index (χ0n) is 15.4. The maximum atomic E-state index is 12.2. The third-order valence-corrected chi connectivity index (χ3v) is 5.01. The molecule has 1 atom stereocenters. The van der Waals surface area contributed by atoms with Gasteiger partial charge in [-0.25, -0.2) is 14.8 Å². The summed E-state index contributed by atoms with van der Waals surface area (Å²) in [5, 5.41) is 0. The van der Waals surface area contributed by atoms with E-state index in [1.807, 2.05) is 31.3 Å². The first-order chi connectivity index (χ1) is 13.2. The van der Waals surface area contributed by atoms with Gasteiger partial charge in [-0.1, -0.05) is 36.4 Å². The number of anilines is 2. The first-order valence-corrected chi connectivity index (χ1v) is 9.05. The van der Waals surface area contributed by atoms with Gasteiger partial charge >= 0.3 is 6.09 Å². The van der Waals surface area contributed by atoms with Gasteiger partial charge in [-0.15, -0.1) is 6.58 Å². The molecule has 2 aliphatic rings. The second kappa shape index (κ2) is 7.26. The highest BCUT2D eigenvalue weighted by atomic mass is 16.6. The molecule has 0 radical (unpaired) electrons. The molecular formula is C20H23N5O2. The number of cyclic esters (lactones) is 1. The van der Waals surface area contributed by atoms with E-state index < -0.39 is 0 Å². The summed E-state index contributed by atoms with van der Waals surface area (Å²) < 4.78 is 5.27. The summed E-state index contributed by atoms with van der Waals surface area (Å²) in [6, 6.07) is 10.3. The Morgan fingerprint density at radius 3 is 2.93 bits per heavy atom. The molecule has 27 heavy (non-hydrogen) atoms. The lowest BCUT2D eigenvalue weighted by Gasteiger charge is -2.26. The average molecular weight is 365 g/mol. The van der Waals surface area contributed by atoms with Gasteiger partial charge in [0, 0.05) is 26.7 Å². The van der Waals surface area contributed by atoms with Gasteiger partial charge in [-0.3, -0.25) is 4.90 Å². The van der Waals surface area contributed by atoms with Crippen molar-refractivity contribution in [1.82, 2.24) is 14.9 Å². The van der Waals surface area contributed by atoms with Gasteiger partial charge in [0.25, 0.3) is 0 Å². The SMILES string of the molecule is C=CCN1C[C@H]2COC(=O)N2Cc2c(N(C)Cc3ccccc3)ncnc21. The lowest BCUT2D eigenvalue weighted by atomic mass is 10.2. The van der Waals surface area contributed by atoms with E-state index in [0.29, 0.717) is 26.2 Å². The summed E-state index contributed by atoms with van der Waals surface area (Å²) in [5.74, 6) is 1.69. The van der Waals surface area contributed by atoms with Gasteiger partial charge in [0.05, 0.1) is 18.2 Å². The van der Waals surface area contributed by atoms with Gasteiger partial charge in [-0.2, -0.15) is 0 Å². The number of carbonyl (C=O) groups is 1. The second-order valence-electron chi connectivity index (χ2n) is 6.89. The van der Waals surface area contributed by atoms with Crippen LogP contribution in [0.3, 0.4) is 0 Å². The van der Waals surface area contributed by atoms with Gasteiger partial charge < -0.3 is 14.5 Å². The quantitative estimate of drug-likeness (QED) is 0.759. The highest BCUT2D eigenvalue weighted by molar-refractivity contribution is 5.72. The molecule has 1 fully saturated rings. The first kappa shape index (κ1) is 17.3. The lowest BCUT2D eigenvalue weighted by molar-refractivity contribution is 0.156. The van der Waals surface area contributed by atoms with Crippen LogP contribution in [0.4, 0.5) is 16.4 Å². The fraction of sp³-hybridized carbons (Fsp3) is 0.350. The van der Waals surface area contributed by atoms with E-state index in [2.05, 4.69) is 38.5 Å². The summed E-state index contributed by atoms with van der Waals surface area (Å²) in [6.45, 7) is 6.77. The maximum absolute atomic E-state index is 12.2. The molecule has 0 unspecified atom stereocenters. The maximum Gasteiger partial charge on any atom is 0.410 e. The van der Waals surface area contributed by atoms with E-state index in [9.17, 15) is 4.79 Å². The second-order valence-corrected chi connectivity index (χ2v) is 6.89. The van der Waals surface area contributed by atoms with Crippen molar-refractivity contribution in [3.8, 4) is 0 Å². The molecule has 7 heteroatoms. The van der Waals surface area contributed by atoms with Crippen LogP contribution < -0.4 is 9.80 Å². The van der Waals surface area contributed by atoms with Gasteiger partial charge in [0.1, 0.15) is 24.6 Å². The van der Waals surface area contributed by atoms with Crippen molar-refractivity contribution < 1.29 is 9.53 Å². The van der Waals surface area contributed by atoms with Gasteiger partial charge in [0.15, 0.2) is 0 Å². The van der Waals surface area contributed by atoms with Crippen LogP contribution >= 0.6 is 0 Å². The average Bonchev–Trinajstić information content (AvgIpc) is 2.93. The number of rotatable bonds is 5. The third-order valence-electron chi connectivity index (χ3n) is 5.01. The number of fused-ring (bicyclic) bond motifs is 2. The molecule has 0 N–H and O–H groups in total. The molecule has 0 saturated carbocycles. The number of benzene rings is 1. The van der Waals surface area contributed by atoms with Crippen molar-refractivity contribution >= 4 is 17.7 Å². The molecule has 7 nitrogen and oxygen atoms in total. The molecule has 0 bridgehead atoms. The van der Waals surface area contributed by atoms with E-state index in [1.54, 1.807) is 11.2 Å². The Bertz CT molecular complexity index is 842. The Morgan fingerprint density at radius 1 is 1.33 bits per heavy atom. The molecule has 1 amide bonds. The lowest BCUT2D eigenvalue weighted by Crippen LogP contribution is -2.40. The number of hydrogen-bond donors (Lipinski definition) is 0. The van der Waals surface area contributed by atoms with E-state index >= 15 is 0 Å². The minimum Gasteiger partial charge on any atom is -0.447 e. The molecular weight excluding hydrogens is 342 g/mol. The molecule has 1 saturated heterocycles. The number of carbonyl (C=O) groups excluding carboxylic acids is 1. The van der Waals surface area contributed by atoms with Crippen molar-refractivity contribution in [2.24, 2.45) is 0 Å². The van der Waals surface area contributed by atoms with Crippen LogP contribution in [-0.2, 0) is 17.8 Å². The van der Waals surface area contributed by atoms with Crippen LogP contribution in [-0.4, -0.2) is 53.7 Å². The molecule has 1 aromatic heterocycles. The summed E-state index contributed by atoms with van der Waals surface area (Å²) in [5.41, 5.74) is 2.14. The number of aromatic nitrogens is 2. The Labute approximate surface area is 158 Å². The van der Waals surface area contributed by atoms with E-state index in [0.717, 1.165) is 23.7 Å². The fourth-order valence-electron chi connectivity index (χ4n) is 3.73. The molecule has 3 heterocycles. The minimum atomic E-state index is -0.271. The van der Waals surface area contributed by atoms with Crippen LogP contribution in [0.5, 0.6) is 0 Å². The molecule has 4 rings (SSSR count). The highest BCUT2D eigenvalue weighted by Crippen LogP contribution is 2.33. The summed E-state index contributed by atoms with van der Waals surface area (Å²) in [4.78, 5) is 27.3. The number of amides is 1. The Kier molecular flexibility index (Phi) is 4.66. The van der Waals surface area contributed by atoms with Crippen molar-refractivity contribution in [3.05, 3.63) is 60.4 Å². The Hall–Kier alpha value is -3.09. The minimum absolute atomic E-state index is 0.0129. The first-order valence-electron chi connectivity index (χ1n) is 9.05. The fourth-order valence-corrected chi connectivity index (χ4v) is 3.73.